The molecule has 3 heterocycles. The molecule has 0 radical (unpaired) electrons. The molecule has 4 rings (SSSR count). The van der Waals surface area contributed by atoms with E-state index >= 15 is 0 Å². The van der Waals surface area contributed by atoms with Crippen LogP contribution < -0.4 is 16.6 Å². The molecule has 0 amide bonds. The number of rotatable bonds is 6. The number of para-hydroxylation sites is 1. The number of fused-ring (bicyclic) bond motifs is 2. The highest BCUT2D eigenvalue weighted by Crippen LogP contribution is 2.17. The van der Waals surface area contributed by atoms with Crippen molar-refractivity contribution in [2.45, 2.75) is 39.9 Å². The van der Waals surface area contributed by atoms with E-state index < -0.39 is 0 Å². The fourth-order valence-corrected chi connectivity index (χ4v) is 3.40. The number of hydrogen-bond acceptors (Lipinski definition) is 7. The van der Waals surface area contributed by atoms with Gasteiger partial charge in [0.15, 0.2) is 5.82 Å². The SMILES string of the molecule is CC#CCn1c(NC[C@H](C)N)nc2cnn(Cc3nc(C)c4ccccc4n3)c(=O)c21. The molecule has 9 nitrogen and oxygen atoms in total. The molecular formula is C22H24N8O. The number of nitrogens with one attached hydrogen (secondary N) is 1. The highest BCUT2D eigenvalue weighted by atomic mass is 16.1. The Kier molecular flexibility index (Phi) is 5.64. The lowest BCUT2D eigenvalue weighted by atomic mass is 10.2. The Morgan fingerprint density at radius 1 is 1.19 bits per heavy atom. The minimum Gasteiger partial charge on any atom is -0.354 e. The third kappa shape index (κ3) is 4.11. The molecule has 31 heavy (non-hydrogen) atoms. The lowest BCUT2D eigenvalue weighted by Gasteiger charge is -2.10. The second-order valence-electron chi connectivity index (χ2n) is 7.39. The molecule has 0 aliphatic rings. The van der Waals surface area contributed by atoms with E-state index in [4.69, 9.17) is 5.73 Å². The van der Waals surface area contributed by atoms with Gasteiger partial charge in [0.2, 0.25) is 5.95 Å². The van der Waals surface area contributed by atoms with Gasteiger partial charge in [0.05, 0.1) is 18.3 Å². The second-order valence-corrected chi connectivity index (χ2v) is 7.39. The Balaban J connectivity index is 1.78. The molecule has 1 atom stereocenters. The fourth-order valence-electron chi connectivity index (χ4n) is 3.40. The summed E-state index contributed by atoms with van der Waals surface area (Å²) in [5.41, 5.74) is 8.22. The first-order valence-corrected chi connectivity index (χ1v) is 10.1. The summed E-state index contributed by atoms with van der Waals surface area (Å²) in [5.74, 6) is 6.94. The van der Waals surface area contributed by atoms with Gasteiger partial charge in [0, 0.05) is 23.7 Å². The molecule has 0 fully saturated rings. The standard InChI is InChI=1S/C22H24N8O/c1-4-5-10-29-20-18(28-22(29)24-11-14(2)23)12-25-30(21(20)31)13-19-26-15(3)16-8-6-7-9-17(16)27-19/h6-9,12,14H,10-11,13,23H2,1-3H3,(H,24,28)/t14-/m0/s1. The number of benzene rings is 1. The van der Waals surface area contributed by atoms with Crippen molar-refractivity contribution < 1.29 is 0 Å². The van der Waals surface area contributed by atoms with E-state index in [1.54, 1.807) is 17.7 Å². The second kappa shape index (κ2) is 8.53. The molecule has 3 N–H and O–H groups in total. The molecule has 0 unspecified atom stereocenters. The Labute approximate surface area is 179 Å². The largest absolute Gasteiger partial charge is 0.354 e. The van der Waals surface area contributed by atoms with Crippen LogP contribution in [0.25, 0.3) is 21.9 Å². The molecule has 0 bridgehead atoms. The summed E-state index contributed by atoms with van der Waals surface area (Å²) in [6, 6.07) is 7.74. The summed E-state index contributed by atoms with van der Waals surface area (Å²) in [6.45, 7) is 6.60. The van der Waals surface area contributed by atoms with E-state index in [2.05, 4.69) is 37.2 Å². The summed E-state index contributed by atoms with van der Waals surface area (Å²) in [4.78, 5) is 27.0. The van der Waals surface area contributed by atoms with Crippen LogP contribution in [-0.2, 0) is 13.1 Å². The molecule has 0 aliphatic carbocycles. The highest BCUT2D eigenvalue weighted by molar-refractivity contribution is 5.80. The van der Waals surface area contributed by atoms with Crippen molar-refractivity contribution in [1.29, 1.82) is 0 Å². The zero-order valence-electron chi connectivity index (χ0n) is 17.8. The maximum absolute atomic E-state index is 13.3. The van der Waals surface area contributed by atoms with E-state index in [1.807, 2.05) is 38.1 Å². The summed E-state index contributed by atoms with van der Waals surface area (Å²) < 4.78 is 3.12. The van der Waals surface area contributed by atoms with Crippen molar-refractivity contribution >= 4 is 27.9 Å². The molecule has 0 saturated heterocycles. The Morgan fingerprint density at radius 3 is 2.77 bits per heavy atom. The lowest BCUT2D eigenvalue weighted by molar-refractivity contribution is 0.618. The molecule has 4 aromatic rings. The first-order valence-electron chi connectivity index (χ1n) is 10.1. The van der Waals surface area contributed by atoms with Crippen molar-refractivity contribution in [3.63, 3.8) is 0 Å². The number of anilines is 1. The average Bonchev–Trinajstić information content (AvgIpc) is 3.11. The Hall–Kier alpha value is -3.77. The van der Waals surface area contributed by atoms with Crippen LogP contribution in [0.3, 0.4) is 0 Å². The number of imidazole rings is 1. The van der Waals surface area contributed by atoms with Crippen LogP contribution in [0.1, 0.15) is 25.4 Å². The van der Waals surface area contributed by atoms with Gasteiger partial charge in [-0.1, -0.05) is 24.1 Å². The Morgan fingerprint density at radius 2 is 2.00 bits per heavy atom. The Bertz CT molecular complexity index is 1370. The molecule has 0 saturated carbocycles. The lowest BCUT2D eigenvalue weighted by Crippen LogP contribution is -2.27. The molecule has 9 heteroatoms. The van der Waals surface area contributed by atoms with E-state index in [0.717, 1.165) is 16.6 Å². The van der Waals surface area contributed by atoms with Crippen LogP contribution in [-0.4, -0.2) is 41.9 Å². The van der Waals surface area contributed by atoms with Gasteiger partial charge in [0.25, 0.3) is 5.56 Å². The normalized spacial score (nSPS) is 12.0. The monoisotopic (exact) mass is 416 g/mol. The highest BCUT2D eigenvalue weighted by Gasteiger charge is 2.17. The third-order valence-electron chi connectivity index (χ3n) is 4.88. The van der Waals surface area contributed by atoms with Gasteiger partial charge < -0.3 is 11.1 Å². The zero-order valence-corrected chi connectivity index (χ0v) is 17.8. The molecule has 0 spiro atoms. The molecule has 1 aromatic carbocycles. The maximum atomic E-state index is 13.3. The minimum atomic E-state index is -0.272. The quantitative estimate of drug-likeness (QED) is 0.459. The topological polar surface area (TPSA) is 117 Å². The van der Waals surface area contributed by atoms with Crippen molar-refractivity contribution in [2.75, 3.05) is 11.9 Å². The first-order chi connectivity index (χ1) is 15.0. The van der Waals surface area contributed by atoms with Gasteiger partial charge in [-0.15, -0.1) is 5.92 Å². The summed E-state index contributed by atoms with van der Waals surface area (Å²) in [5, 5.41) is 8.48. The van der Waals surface area contributed by atoms with Gasteiger partial charge in [-0.2, -0.15) is 5.10 Å². The smallest absolute Gasteiger partial charge is 0.293 e. The van der Waals surface area contributed by atoms with Crippen LogP contribution in [0.2, 0.25) is 0 Å². The number of nitrogens with two attached hydrogens (primary N) is 1. The number of nitrogens with zero attached hydrogens (tertiary/aromatic N) is 6. The third-order valence-corrected chi connectivity index (χ3v) is 4.88. The van der Waals surface area contributed by atoms with Gasteiger partial charge in [-0.25, -0.2) is 19.6 Å². The first kappa shape index (κ1) is 20.5. The van der Waals surface area contributed by atoms with Gasteiger partial charge in [-0.3, -0.25) is 9.36 Å². The van der Waals surface area contributed by atoms with Crippen LogP contribution in [0.4, 0.5) is 5.95 Å². The van der Waals surface area contributed by atoms with Gasteiger partial charge >= 0.3 is 0 Å². The number of aromatic nitrogens is 6. The molecular weight excluding hydrogens is 392 g/mol. The summed E-state index contributed by atoms with van der Waals surface area (Å²) in [6.07, 6.45) is 1.58. The minimum absolute atomic E-state index is 0.0615. The van der Waals surface area contributed by atoms with E-state index in [9.17, 15) is 4.79 Å². The van der Waals surface area contributed by atoms with Crippen molar-refractivity contribution in [3.8, 4) is 11.8 Å². The van der Waals surface area contributed by atoms with Crippen molar-refractivity contribution in [1.82, 2.24) is 29.3 Å². The van der Waals surface area contributed by atoms with E-state index in [0.29, 0.717) is 35.9 Å². The van der Waals surface area contributed by atoms with Crippen LogP contribution in [0, 0.1) is 18.8 Å². The zero-order chi connectivity index (χ0) is 22.0. The van der Waals surface area contributed by atoms with Crippen LogP contribution in [0.15, 0.2) is 35.3 Å². The fraction of sp³-hybridized carbons (Fsp3) is 0.318. The average molecular weight is 416 g/mol. The maximum Gasteiger partial charge on any atom is 0.293 e. The number of hydrogen-bond donors (Lipinski definition) is 2. The van der Waals surface area contributed by atoms with Gasteiger partial charge in [-0.05, 0) is 26.8 Å². The summed E-state index contributed by atoms with van der Waals surface area (Å²) in [7, 11) is 0. The van der Waals surface area contributed by atoms with Gasteiger partial charge in [0.1, 0.15) is 17.6 Å². The number of aryl methyl sites for hydroxylation is 1. The van der Waals surface area contributed by atoms with Crippen LogP contribution >= 0.6 is 0 Å². The van der Waals surface area contributed by atoms with Crippen molar-refractivity contribution in [2.24, 2.45) is 5.73 Å². The molecule has 0 aliphatic heterocycles. The van der Waals surface area contributed by atoms with Crippen LogP contribution in [0.5, 0.6) is 0 Å². The predicted molar refractivity (Wildman–Crippen MR) is 121 cm³/mol. The molecule has 158 valence electrons. The van der Waals surface area contributed by atoms with Crippen molar-refractivity contribution in [3.05, 3.63) is 52.3 Å². The van der Waals surface area contributed by atoms with E-state index in [-0.39, 0.29) is 18.1 Å². The van der Waals surface area contributed by atoms with E-state index in [1.165, 1.54) is 4.68 Å². The molecule has 3 aromatic heterocycles. The predicted octanol–water partition coefficient (Wildman–Crippen LogP) is 1.68. The summed E-state index contributed by atoms with van der Waals surface area (Å²) >= 11 is 0.